The van der Waals surface area contributed by atoms with E-state index in [1.807, 2.05) is 92.7 Å². The third-order valence-electron chi connectivity index (χ3n) is 10.2. The van der Waals surface area contributed by atoms with Gasteiger partial charge >= 0.3 is 7.12 Å². The summed E-state index contributed by atoms with van der Waals surface area (Å²) >= 11 is 0. The number of nitrogens with zero attached hydrogens (tertiary/aromatic N) is 1. The number of benzene rings is 4. The third-order valence-corrected chi connectivity index (χ3v) is 10.2. The van der Waals surface area contributed by atoms with Gasteiger partial charge in [-0.3, -0.25) is 14.5 Å². The van der Waals surface area contributed by atoms with Crippen LogP contribution in [0.4, 0.5) is 5.69 Å². The number of phenols is 1. The minimum Gasteiger partial charge on any atom is -0.507 e. The fourth-order valence-electron chi connectivity index (χ4n) is 7.93. The molecule has 7 rings (SSSR count). The molecule has 4 aromatic carbocycles. The van der Waals surface area contributed by atoms with Gasteiger partial charge in [-0.15, -0.1) is 0 Å². The van der Waals surface area contributed by atoms with Crippen LogP contribution in [0.2, 0.25) is 6.32 Å². The molecule has 49 heavy (non-hydrogen) atoms. The lowest BCUT2D eigenvalue weighted by atomic mass is 9.58. The number of aromatic hydroxyl groups is 1. The Kier molecular flexibility index (Phi) is 9.26. The zero-order valence-corrected chi connectivity index (χ0v) is 27.8. The zero-order chi connectivity index (χ0) is 34.1. The molecule has 0 unspecified atom stereocenters. The summed E-state index contributed by atoms with van der Waals surface area (Å²) in [6.07, 6.45) is 3.47. The molecule has 0 bridgehead atoms. The number of rotatable bonds is 9. The van der Waals surface area contributed by atoms with Crippen molar-refractivity contribution in [2.24, 2.45) is 17.8 Å². The highest BCUT2D eigenvalue weighted by Gasteiger charge is 2.57. The van der Waals surface area contributed by atoms with Crippen molar-refractivity contribution in [3.63, 3.8) is 0 Å². The smallest absolute Gasteiger partial charge is 0.455 e. The van der Waals surface area contributed by atoms with Gasteiger partial charge in [-0.25, -0.2) is 0 Å². The van der Waals surface area contributed by atoms with E-state index in [2.05, 4.69) is 18.2 Å². The van der Waals surface area contributed by atoms with Gasteiger partial charge in [-0.2, -0.15) is 0 Å². The summed E-state index contributed by atoms with van der Waals surface area (Å²) in [4.78, 5) is 29.4. The molecule has 0 radical (unpaired) electrons. The monoisotopic (exact) mass is 653 g/mol. The number of phenolic OH excluding ortho intramolecular Hbond substituents is 1. The Bertz CT molecular complexity index is 1890. The first kappa shape index (κ1) is 32.6. The summed E-state index contributed by atoms with van der Waals surface area (Å²) in [5.41, 5.74) is 7.26. The second-order valence-electron chi connectivity index (χ2n) is 13.3. The topological polar surface area (TPSA) is 96.3 Å². The first-order chi connectivity index (χ1) is 23.8. The highest BCUT2D eigenvalue weighted by atomic mass is 16.5. The van der Waals surface area contributed by atoms with Crippen molar-refractivity contribution >= 4 is 36.3 Å². The average Bonchev–Trinajstić information content (AvgIpc) is 3.37. The van der Waals surface area contributed by atoms with Crippen molar-refractivity contribution in [1.29, 1.82) is 0 Å². The van der Waals surface area contributed by atoms with Gasteiger partial charge in [0.25, 0.3) is 0 Å². The molecule has 2 amide bonds. The number of fused-ring (bicyclic) bond motifs is 3. The fourth-order valence-corrected chi connectivity index (χ4v) is 7.93. The van der Waals surface area contributed by atoms with E-state index in [1.54, 1.807) is 12.1 Å². The molecule has 1 aliphatic carbocycles. The molecule has 2 fully saturated rings. The quantitative estimate of drug-likeness (QED) is 0.0846. The SMILES string of the molecule is Cc1cc(/C=C(/CC[C@H]2OB(O)C[C@H]3C2=C(COc2ccccc2)C[C@H]2C(=O)N(c4ccccc4)C(=O)[C@H]23)c2ccccc2)cc(C)c1O. The molecule has 2 heterocycles. The van der Waals surface area contributed by atoms with E-state index in [9.17, 15) is 19.7 Å². The largest absolute Gasteiger partial charge is 0.507 e. The molecule has 4 atom stereocenters. The lowest BCUT2D eigenvalue weighted by molar-refractivity contribution is -0.122. The van der Waals surface area contributed by atoms with Crippen LogP contribution in [0.1, 0.15) is 41.5 Å². The van der Waals surface area contributed by atoms with Crippen molar-refractivity contribution in [3.8, 4) is 11.5 Å². The molecule has 2 N–H and O–H groups in total. The zero-order valence-electron chi connectivity index (χ0n) is 27.8. The van der Waals surface area contributed by atoms with E-state index in [4.69, 9.17) is 9.39 Å². The van der Waals surface area contributed by atoms with Gasteiger partial charge in [-0.05, 0) is 121 Å². The van der Waals surface area contributed by atoms with Crippen molar-refractivity contribution in [2.75, 3.05) is 11.5 Å². The first-order valence-corrected chi connectivity index (χ1v) is 17.0. The first-order valence-electron chi connectivity index (χ1n) is 17.0. The predicted octanol–water partition coefficient (Wildman–Crippen LogP) is 7.41. The van der Waals surface area contributed by atoms with Crippen LogP contribution in [0.3, 0.4) is 0 Å². The Labute approximate surface area is 287 Å². The highest BCUT2D eigenvalue weighted by molar-refractivity contribution is 6.43. The molecule has 0 saturated carbocycles. The number of allylic oxidation sites excluding steroid dienone is 1. The maximum atomic E-state index is 14.1. The number of carbonyl (C=O) groups is 2. The molecule has 0 aromatic heterocycles. The van der Waals surface area contributed by atoms with Crippen LogP contribution in [-0.4, -0.2) is 41.8 Å². The lowest BCUT2D eigenvalue weighted by Gasteiger charge is -2.43. The van der Waals surface area contributed by atoms with E-state index in [-0.39, 0.29) is 30.7 Å². The second kappa shape index (κ2) is 13.9. The Morgan fingerprint density at radius 1 is 0.898 bits per heavy atom. The van der Waals surface area contributed by atoms with Gasteiger partial charge in [0.2, 0.25) is 11.8 Å². The predicted molar refractivity (Wildman–Crippen MR) is 192 cm³/mol. The summed E-state index contributed by atoms with van der Waals surface area (Å²) in [5, 5.41) is 21.5. The van der Waals surface area contributed by atoms with Gasteiger partial charge in [0.1, 0.15) is 18.1 Å². The summed E-state index contributed by atoms with van der Waals surface area (Å²) in [6.45, 7) is 4.06. The number of ether oxygens (including phenoxy) is 1. The van der Waals surface area contributed by atoms with Gasteiger partial charge in [0.15, 0.2) is 0 Å². The number of hydrogen-bond acceptors (Lipinski definition) is 6. The van der Waals surface area contributed by atoms with Crippen LogP contribution >= 0.6 is 0 Å². The molecule has 248 valence electrons. The van der Waals surface area contributed by atoms with E-state index < -0.39 is 25.1 Å². The number of anilines is 1. The third kappa shape index (κ3) is 6.59. The van der Waals surface area contributed by atoms with Gasteiger partial charge in [-0.1, -0.05) is 72.8 Å². The van der Waals surface area contributed by atoms with E-state index in [0.717, 1.165) is 44.7 Å². The molecular weight excluding hydrogens is 613 g/mol. The molecule has 8 heteroatoms. The number of amides is 2. The summed E-state index contributed by atoms with van der Waals surface area (Å²) in [7, 11) is -1.07. The second-order valence-corrected chi connectivity index (χ2v) is 13.3. The minimum atomic E-state index is -1.07. The maximum Gasteiger partial charge on any atom is 0.455 e. The van der Waals surface area contributed by atoms with Crippen LogP contribution in [0, 0.1) is 31.6 Å². The van der Waals surface area contributed by atoms with Crippen molar-refractivity contribution in [2.45, 2.75) is 45.5 Å². The molecule has 7 nitrogen and oxygen atoms in total. The van der Waals surface area contributed by atoms with Crippen LogP contribution in [-0.2, 0) is 14.2 Å². The standard InChI is InChI=1S/C41H40BNO6/c1-26-20-28(21-27(2)39(26)44)22-30(29-12-6-3-7-13-29)18-19-36-37-31(25-48-33-16-10-5-11-17-33)23-34-38(35(37)24-42(47)49-36)41(46)43(40(34)45)32-14-8-4-9-15-32/h3-17,20-22,34-36,38,44,47H,18-19,23-25H2,1-2H3/b30-22-/t34-,35+,36-,38-/m1/s1. The number of aryl methyl sites for hydroxylation is 2. The molecule has 0 spiro atoms. The Balaban J connectivity index is 1.25. The molecule has 2 saturated heterocycles. The van der Waals surface area contributed by atoms with Gasteiger partial charge in [0, 0.05) is 0 Å². The van der Waals surface area contributed by atoms with E-state index in [1.165, 1.54) is 4.90 Å². The van der Waals surface area contributed by atoms with Crippen LogP contribution in [0.15, 0.2) is 114 Å². The van der Waals surface area contributed by atoms with E-state index in [0.29, 0.717) is 30.7 Å². The fraction of sp³-hybridized carbons (Fsp3) is 0.268. The maximum absolute atomic E-state index is 14.1. The summed E-state index contributed by atoms with van der Waals surface area (Å²) in [5.74, 6) is -0.896. The minimum absolute atomic E-state index is 0.205. The highest BCUT2D eigenvalue weighted by Crippen LogP contribution is 2.51. The van der Waals surface area contributed by atoms with Crippen molar-refractivity contribution in [3.05, 3.63) is 137 Å². The molecule has 4 aromatic rings. The lowest BCUT2D eigenvalue weighted by Crippen LogP contribution is -2.46. The van der Waals surface area contributed by atoms with E-state index >= 15 is 0 Å². The number of hydrogen-bond donors (Lipinski definition) is 2. The van der Waals surface area contributed by atoms with Crippen LogP contribution in [0.25, 0.3) is 11.6 Å². The Hall–Kier alpha value is -4.92. The van der Waals surface area contributed by atoms with Crippen LogP contribution < -0.4 is 9.64 Å². The molecule has 2 aliphatic heterocycles. The summed E-state index contributed by atoms with van der Waals surface area (Å²) < 4.78 is 12.6. The Morgan fingerprint density at radius 3 is 2.20 bits per heavy atom. The Morgan fingerprint density at radius 2 is 1.53 bits per heavy atom. The van der Waals surface area contributed by atoms with Crippen molar-refractivity contribution < 1.29 is 29.1 Å². The molecule has 3 aliphatic rings. The summed E-state index contributed by atoms with van der Waals surface area (Å²) in [6, 6.07) is 32.8. The number of para-hydroxylation sites is 2. The molecular formula is C41H40BNO6. The van der Waals surface area contributed by atoms with Gasteiger partial charge < -0.3 is 19.5 Å². The van der Waals surface area contributed by atoms with Crippen molar-refractivity contribution in [1.82, 2.24) is 0 Å². The number of carbonyl (C=O) groups excluding carboxylic acids is 2. The number of imide groups is 1. The van der Waals surface area contributed by atoms with Gasteiger partial charge in [0.05, 0.1) is 23.6 Å². The average molecular weight is 654 g/mol. The van der Waals surface area contributed by atoms with Crippen LogP contribution in [0.5, 0.6) is 11.5 Å². The normalized spacial score (nSPS) is 22.3.